The van der Waals surface area contributed by atoms with Gasteiger partial charge in [-0.3, -0.25) is 0 Å². The molecular weight excluding hydrogens is 262 g/mol. The van der Waals surface area contributed by atoms with Crippen LogP contribution < -0.4 is 5.73 Å². The monoisotopic (exact) mass is 281 g/mol. The van der Waals surface area contributed by atoms with Crippen LogP contribution in [0.5, 0.6) is 0 Å². The first-order valence-corrected chi connectivity index (χ1v) is 7.03. The molecule has 1 aliphatic carbocycles. The zero-order valence-electron chi connectivity index (χ0n) is 9.66. The third-order valence-electron chi connectivity index (χ3n) is 3.52. The maximum atomic E-state index is 6.21. The van der Waals surface area contributed by atoms with Crippen molar-refractivity contribution in [3.63, 3.8) is 0 Å². The van der Waals surface area contributed by atoms with Crippen molar-refractivity contribution < 1.29 is 0 Å². The van der Waals surface area contributed by atoms with E-state index in [2.05, 4.69) is 40.2 Å². The fourth-order valence-electron chi connectivity index (χ4n) is 2.68. The van der Waals surface area contributed by atoms with Gasteiger partial charge in [0.15, 0.2) is 0 Å². The molecule has 1 aromatic carbocycles. The van der Waals surface area contributed by atoms with Gasteiger partial charge < -0.3 is 5.73 Å². The first kappa shape index (κ1) is 12.1. The maximum Gasteiger partial charge on any atom is 0.0175 e. The summed E-state index contributed by atoms with van der Waals surface area (Å²) in [6, 6.07) is 8.86. The lowest BCUT2D eigenvalue weighted by molar-refractivity contribution is 0.440. The molecule has 0 heterocycles. The highest BCUT2D eigenvalue weighted by Gasteiger charge is 2.18. The molecule has 0 bridgehead atoms. The Kier molecular flexibility index (Phi) is 4.42. The van der Waals surface area contributed by atoms with Crippen LogP contribution in [-0.4, -0.2) is 6.04 Å². The van der Waals surface area contributed by atoms with E-state index in [9.17, 15) is 0 Å². The minimum atomic E-state index is 0.337. The molecule has 16 heavy (non-hydrogen) atoms. The second-order valence-corrected chi connectivity index (χ2v) is 5.89. The van der Waals surface area contributed by atoms with Crippen molar-refractivity contribution in [2.45, 2.75) is 44.6 Å². The molecule has 88 valence electrons. The highest BCUT2D eigenvalue weighted by Crippen LogP contribution is 2.28. The minimum absolute atomic E-state index is 0.337. The van der Waals surface area contributed by atoms with Gasteiger partial charge in [0, 0.05) is 10.5 Å². The number of hydrogen-bond acceptors (Lipinski definition) is 1. The van der Waals surface area contributed by atoms with Crippen LogP contribution in [0.1, 0.15) is 37.7 Å². The molecule has 0 radical (unpaired) electrons. The lowest BCUT2D eigenvalue weighted by Crippen LogP contribution is -2.25. The second-order valence-electron chi connectivity index (χ2n) is 4.98. The Hall–Kier alpha value is -0.340. The fourth-order valence-corrected chi connectivity index (χ4v) is 2.95. The van der Waals surface area contributed by atoms with Crippen LogP contribution in [0, 0.1) is 5.92 Å². The van der Waals surface area contributed by atoms with Crippen LogP contribution >= 0.6 is 15.9 Å². The quantitative estimate of drug-likeness (QED) is 0.890. The summed E-state index contributed by atoms with van der Waals surface area (Å²) in [5.74, 6) is 0.894. The highest BCUT2D eigenvalue weighted by molar-refractivity contribution is 9.10. The van der Waals surface area contributed by atoms with E-state index < -0.39 is 0 Å². The first-order valence-electron chi connectivity index (χ1n) is 6.24. The highest BCUT2D eigenvalue weighted by atomic mass is 79.9. The zero-order valence-corrected chi connectivity index (χ0v) is 11.2. The number of rotatable bonds is 4. The summed E-state index contributed by atoms with van der Waals surface area (Å²) in [7, 11) is 0. The molecule has 0 aromatic heterocycles. The average Bonchev–Trinajstić information content (AvgIpc) is 2.74. The Morgan fingerprint density at radius 1 is 1.19 bits per heavy atom. The van der Waals surface area contributed by atoms with Gasteiger partial charge >= 0.3 is 0 Å². The summed E-state index contributed by atoms with van der Waals surface area (Å²) >= 11 is 3.45. The van der Waals surface area contributed by atoms with E-state index >= 15 is 0 Å². The molecule has 1 atom stereocenters. The molecule has 0 aliphatic heterocycles. The van der Waals surface area contributed by atoms with E-state index in [0.29, 0.717) is 6.04 Å². The molecule has 2 heteroatoms. The Labute approximate surface area is 107 Å². The smallest absolute Gasteiger partial charge is 0.0175 e. The van der Waals surface area contributed by atoms with Gasteiger partial charge in [-0.25, -0.2) is 0 Å². The molecule has 1 aliphatic rings. The molecule has 1 fully saturated rings. The van der Waals surface area contributed by atoms with Gasteiger partial charge in [0.2, 0.25) is 0 Å². The number of nitrogens with two attached hydrogens (primary N) is 1. The van der Waals surface area contributed by atoms with Gasteiger partial charge in [0.05, 0.1) is 0 Å². The Morgan fingerprint density at radius 2 is 1.81 bits per heavy atom. The van der Waals surface area contributed by atoms with Crippen molar-refractivity contribution in [1.82, 2.24) is 0 Å². The third-order valence-corrected chi connectivity index (χ3v) is 4.05. The summed E-state index contributed by atoms with van der Waals surface area (Å²) in [5.41, 5.74) is 7.57. The van der Waals surface area contributed by atoms with Crippen LogP contribution in [-0.2, 0) is 6.42 Å². The normalized spacial score (nSPS) is 18.9. The largest absolute Gasteiger partial charge is 0.327 e. The van der Waals surface area contributed by atoms with E-state index in [-0.39, 0.29) is 0 Å². The molecule has 0 amide bonds. The third kappa shape index (κ3) is 3.60. The molecule has 0 saturated heterocycles. The van der Waals surface area contributed by atoms with E-state index in [4.69, 9.17) is 5.73 Å². The van der Waals surface area contributed by atoms with E-state index in [1.807, 2.05) is 0 Å². The van der Waals surface area contributed by atoms with E-state index in [1.54, 1.807) is 0 Å². The van der Waals surface area contributed by atoms with Crippen LogP contribution in [0.25, 0.3) is 0 Å². The van der Waals surface area contributed by atoms with Gasteiger partial charge in [-0.1, -0.05) is 53.7 Å². The number of benzene rings is 1. The molecule has 1 unspecified atom stereocenters. The zero-order chi connectivity index (χ0) is 11.4. The van der Waals surface area contributed by atoms with Crippen molar-refractivity contribution in [2.75, 3.05) is 0 Å². The first-order chi connectivity index (χ1) is 7.74. The number of hydrogen-bond donors (Lipinski definition) is 1. The van der Waals surface area contributed by atoms with Crippen LogP contribution in [0.2, 0.25) is 0 Å². The molecule has 0 spiro atoms. The summed E-state index contributed by atoms with van der Waals surface area (Å²) < 4.78 is 1.14. The lowest BCUT2D eigenvalue weighted by Gasteiger charge is -2.16. The van der Waals surface area contributed by atoms with E-state index in [1.165, 1.54) is 37.7 Å². The van der Waals surface area contributed by atoms with Crippen LogP contribution in [0.3, 0.4) is 0 Å². The average molecular weight is 282 g/mol. The predicted octanol–water partition coefficient (Wildman–Crippen LogP) is 3.90. The molecule has 1 aromatic rings. The van der Waals surface area contributed by atoms with E-state index in [0.717, 1.165) is 16.8 Å². The summed E-state index contributed by atoms with van der Waals surface area (Å²) in [5, 5.41) is 0. The predicted molar refractivity (Wildman–Crippen MR) is 72.4 cm³/mol. The summed E-state index contributed by atoms with van der Waals surface area (Å²) in [6.45, 7) is 0. The Morgan fingerprint density at radius 3 is 2.44 bits per heavy atom. The van der Waals surface area contributed by atoms with Crippen LogP contribution in [0.4, 0.5) is 0 Å². The van der Waals surface area contributed by atoms with Crippen molar-refractivity contribution in [1.29, 1.82) is 0 Å². The maximum absolute atomic E-state index is 6.21. The topological polar surface area (TPSA) is 26.0 Å². The van der Waals surface area contributed by atoms with Gasteiger partial charge in [0.1, 0.15) is 0 Å². The van der Waals surface area contributed by atoms with Crippen molar-refractivity contribution >= 4 is 15.9 Å². The lowest BCUT2D eigenvalue weighted by atomic mass is 9.95. The molecule has 1 saturated carbocycles. The Balaban J connectivity index is 1.81. The van der Waals surface area contributed by atoms with Crippen LogP contribution in [0.15, 0.2) is 28.7 Å². The summed E-state index contributed by atoms with van der Waals surface area (Å²) in [4.78, 5) is 0. The minimum Gasteiger partial charge on any atom is -0.327 e. The number of halogens is 1. The molecule has 2 N–H and O–H groups in total. The van der Waals surface area contributed by atoms with Gasteiger partial charge in [0.25, 0.3) is 0 Å². The molecule has 2 rings (SSSR count). The van der Waals surface area contributed by atoms with Crippen molar-refractivity contribution in [2.24, 2.45) is 11.7 Å². The van der Waals surface area contributed by atoms with Crippen molar-refractivity contribution in [3.8, 4) is 0 Å². The second kappa shape index (κ2) is 5.83. The molecule has 1 nitrogen and oxygen atoms in total. The summed E-state index contributed by atoms with van der Waals surface area (Å²) in [6.07, 6.45) is 7.84. The Bertz CT molecular complexity index is 314. The van der Waals surface area contributed by atoms with Gasteiger partial charge in [-0.05, 0) is 36.5 Å². The standard InChI is InChI=1S/C14H20BrN/c15-13-7-5-12(6-8-13)10-14(16)9-11-3-1-2-4-11/h5-8,11,14H,1-4,9-10,16H2. The van der Waals surface area contributed by atoms with Gasteiger partial charge in [-0.2, -0.15) is 0 Å². The van der Waals surface area contributed by atoms with Crippen molar-refractivity contribution in [3.05, 3.63) is 34.3 Å². The SMILES string of the molecule is NC(Cc1ccc(Br)cc1)CC1CCCC1. The molecular formula is C14H20BrN. The van der Waals surface area contributed by atoms with Gasteiger partial charge in [-0.15, -0.1) is 0 Å². The fraction of sp³-hybridized carbons (Fsp3) is 0.571.